The zero-order valence-corrected chi connectivity index (χ0v) is 15.0. The van der Waals surface area contributed by atoms with Gasteiger partial charge in [0, 0.05) is 12.1 Å². The van der Waals surface area contributed by atoms with E-state index in [1.54, 1.807) is 6.07 Å². The number of anilines is 2. The number of aliphatic hydroxyl groups excluding tert-OH is 1. The smallest absolute Gasteiger partial charge is 0.253 e. The molecule has 0 bridgehead atoms. The number of hydrogen-bond acceptors (Lipinski definition) is 6. The number of benzene rings is 1. The molecule has 1 aromatic carbocycles. The maximum atomic E-state index is 15.1. The highest BCUT2D eigenvalue weighted by atomic mass is 35.5. The molecule has 0 saturated carbocycles. The van der Waals surface area contributed by atoms with Gasteiger partial charge in [0.05, 0.1) is 31.1 Å². The van der Waals surface area contributed by atoms with Crippen LogP contribution in [-0.4, -0.2) is 47.3 Å². The van der Waals surface area contributed by atoms with Crippen LogP contribution in [0.25, 0.3) is 0 Å². The molecule has 1 unspecified atom stereocenters. The van der Waals surface area contributed by atoms with Crippen LogP contribution in [0.1, 0.15) is 11.6 Å². The number of carbonyl (C=O) groups excluding carboxylic acids is 1. The SMILES string of the molecule is O=C1COCCN1c1cccc(C(CO)Nc2nc(Cl)ncc2Cl)c1F. The van der Waals surface area contributed by atoms with Gasteiger partial charge >= 0.3 is 0 Å². The number of hydrogen-bond donors (Lipinski definition) is 2. The van der Waals surface area contributed by atoms with E-state index in [1.807, 2.05) is 0 Å². The number of aliphatic hydroxyl groups is 1. The lowest BCUT2D eigenvalue weighted by Crippen LogP contribution is -2.42. The Morgan fingerprint density at radius 3 is 2.96 bits per heavy atom. The van der Waals surface area contributed by atoms with E-state index < -0.39 is 18.5 Å². The maximum absolute atomic E-state index is 15.1. The molecule has 7 nitrogen and oxygen atoms in total. The van der Waals surface area contributed by atoms with Gasteiger partial charge in [0.25, 0.3) is 5.91 Å². The Morgan fingerprint density at radius 1 is 1.42 bits per heavy atom. The number of aromatic nitrogens is 2. The fourth-order valence-electron chi connectivity index (χ4n) is 2.62. The van der Waals surface area contributed by atoms with Crippen molar-refractivity contribution in [2.45, 2.75) is 6.04 Å². The molecule has 2 aromatic rings. The molecule has 1 fully saturated rings. The van der Waals surface area contributed by atoms with E-state index in [0.29, 0.717) is 6.61 Å². The van der Waals surface area contributed by atoms with Crippen molar-refractivity contribution in [3.63, 3.8) is 0 Å². The molecular weight excluding hydrogens is 386 g/mol. The Hall–Kier alpha value is -2.00. The molecule has 1 aliphatic heterocycles. The van der Waals surface area contributed by atoms with E-state index in [1.165, 1.54) is 23.2 Å². The first-order valence-corrected chi connectivity index (χ1v) is 8.48. The Morgan fingerprint density at radius 2 is 2.23 bits per heavy atom. The molecular formula is C16H15Cl2FN4O3. The monoisotopic (exact) mass is 400 g/mol. The minimum atomic E-state index is -0.852. The fourth-order valence-corrected chi connectivity index (χ4v) is 2.90. The predicted octanol–water partition coefficient (Wildman–Crippen LogP) is 2.43. The molecule has 1 atom stereocenters. The van der Waals surface area contributed by atoms with Crippen molar-refractivity contribution in [1.29, 1.82) is 0 Å². The van der Waals surface area contributed by atoms with Gasteiger partial charge in [-0.1, -0.05) is 23.7 Å². The first kappa shape index (κ1) is 18.8. The van der Waals surface area contributed by atoms with Crippen molar-refractivity contribution in [3.8, 4) is 0 Å². The van der Waals surface area contributed by atoms with Crippen LogP contribution in [0.3, 0.4) is 0 Å². The lowest BCUT2D eigenvalue weighted by atomic mass is 10.0. The molecule has 26 heavy (non-hydrogen) atoms. The van der Waals surface area contributed by atoms with E-state index in [2.05, 4.69) is 15.3 Å². The number of nitrogens with one attached hydrogen (secondary N) is 1. The second-order valence-electron chi connectivity index (χ2n) is 5.49. The molecule has 1 aromatic heterocycles. The van der Waals surface area contributed by atoms with E-state index in [9.17, 15) is 9.90 Å². The van der Waals surface area contributed by atoms with E-state index in [0.717, 1.165) is 0 Å². The highest BCUT2D eigenvalue weighted by Crippen LogP contribution is 2.30. The Kier molecular flexibility index (Phi) is 5.87. The third kappa shape index (κ3) is 3.88. The summed E-state index contributed by atoms with van der Waals surface area (Å²) in [6, 6.07) is 3.77. The zero-order chi connectivity index (χ0) is 18.7. The van der Waals surface area contributed by atoms with Gasteiger partial charge < -0.3 is 20.1 Å². The van der Waals surface area contributed by atoms with Crippen molar-refractivity contribution >= 4 is 40.6 Å². The van der Waals surface area contributed by atoms with Crippen LogP contribution in [0.15, 0.2) is 24.4 Å². The highest BCUT2D eigenvalue weighted by Gasteiger charge is 2.26. The minimum absolute atomic E-state index is 0.0401. The minimum Gasteiger partial charge on any atom is -0.394 e. The molecule has 2 N–H and O–H groups in total. The molecule has 1 aliphatic rings. The fraction of sp³-hybridized carbons (Fsp3) is 0.312. The first-order chi connectivity index (χ1) is 12.5. The van der Waals surface area contributed by atoms with Crippen LogP contribution in [0, 0.1) is 5.82 Å². The molecule has 0 spiro atoms. The summed E-state index contributed by atoms with van der Waals surface area (Å²) in [4.78, 5) is 21.0. The van der Waals surface area contributed by atoms with Crippen LogP contribution >= 0.6 is 23.2 Å². The predicted molar refractivity (Wildman–Crippen MR) is 95.1 cm³/mol. The number of rotatable bonds is 5. The zero-order valence-electron chi connectivity index (χ0n) is 13.5. The lowest BCUT2D eigenvalue weighted by Gasteiger charge is -2.28. The highest BCUT2D eigenvalue weighted by molar-refractivity contribution is 6.33. The first-order valence-electron chi connectivity index (χ1n) is 7.73. The summed E-state index contributed by atoms with van der Waals surface area (Å²) in [5, 5.41) is 12.7. The summed E-state index contributed by atoms with van der Waals surface area (Å²) in [6.45, 7) is 0.0473. The molecule has 10 heteroatoms. The normalized spacial score (nSPS) is 15.8. The van der Waals surface area contributed by atoms with Crippen LogP contribution in [-0.2, 0) is 9.53 Å². The molecule has 3 rings (SSSR count). The number of ether oxygens (including phenoxy) is 1. The summed E-state index contributed by atoms with van der Waals surface area (Å²) in [6.07, 6.45) is 1.30. The summed E-state index contributed by atoms with van der Waals surface area (Å²) in [7, 11) is 0. The summed E-state index contributed by atoms with van der Waals surface area (Å²) in [5.74, 6) is -0.782. The van der Waals surface area contributed by atoms with Crippen molar-refractivity contribution in [2.75, 3.05) is 36.6 Å². The average Bonchev–Trinajstić information content (AvgIpc) is 2.64. The molecule has 0 radical (unpaired) electrons. The third-order valence-corrected chi connectivity index (χ3v) is 4.33. The average molecular weight is 401 g/mol. The number of amides is 1. The largest absolute Gasteiger partial charge is 0.394 e. The number of carbonyl (C=O) groups is 1. The van der Waals surface area contributed by atoms with E-state index in [4.69, 9.17) is 27.9 Å². The van der Waals surface area contributed by atoms with Crippen molar-refractivity contribution in [1.82, 2.24) is 9.97 Å². The number of morpholine rings is 1. The van der Waals surface area contributed by atoms with Gasteiger partial charge in [-0.25, -0.2) is 9.37 Å². The van der Waals surface area contributed by atoms with Crippen LogP contribution in [0.5, 0.6) is 0 Å². The molecule has 138 valence electrons. The Balaban J connectivity index is 1.92. The van der Waals surface area contributed by atoms with E-state index >= 15 is 4.39 Å². The van der Waals surface area contributed by atoms with E-state index in [-0.39, 0.29) is 46.4 Å². The van der Waals surface area contributed by atoms with Crippen LogP contribution in [0.4, 0.5) is 15.9 Å². The lowest BCUT2D eigenvalue weighted by molar-refractivity contribution is -0.125. The van der Waals surface area contributed by atoms with Gasteiger partial charge in [-0.05, 0) is 17.7 Å². The van der Waals surface area contributed by atoms with Gasteiger partial charge in [0.2, 0.25) is 5.28 Å². The second-order valence-corrected chi connectivity index (χ2v) is 6.24. The Bertz CT molecular complexity index is 824. The van der Waals surface area contributed by atoms with Gasteiger partial charge in [0.1, 0.15) is 17.4 Å². The molecule has 1 saturated heterocycles. The topological polar surface area (TPSA) is 87.6 Å². The number of halogens is 3. The second kappa shape index (κ2) is 8.13. The summed E-state index contributed by atoms with van der Waals surface area (Å²) >= 11 is 11.8. The third-order valence-electron chi connectivity index (χ3n) is 3.87. The van der Waals surface area contributed by atoms with Crippen molar-refractivity contribution in [2.24, 2.45) is 0 Å². The molecule has 0 aliphatic carbocycles. The maximum Gasteiger partial charge on any atom is 0.253 e. The standard InChI is InChI=1S/C16H15Cl2FN4O3/c17-10-6-20-16(18)22-15(10)21-11(7-24)9-2-1-3-12(14(9)19)23-4-5-26-8-13(23)25/h1-3,6,11,24H,4-5,7-8H2,(H,20,21,22). The quantitative estimate of drug-likeness (QED) is 0.749. The number of nitrogens with zero attached hydrogens (tertiary/aromatic N) is 3. The van der Waals surface area contributed by atoms with Gasteiger partial charge in [0.15, 0.2) is 5.82 Å². The molecule has 1 amide bonds. The van der Waals surface area contributed by atoms with Gasteiger partial charge in [-0.3, -0.25) is 4.79 Å². The van der Waals surface area contributed by atoms with Crippen LogP contribution in [0.2, 0.25) is 10.3 Å². The van der Waals surface area contributed by atoms with Crippen molar-refractivity contribution in [3.05, 3.63) is 46.1 Å². The Labute approximate surface area is 158 Å². The van der Waals surface area contributed by atoms with Gasteiger partial charge in [-0.15, -0.1) is 0 Å². The summed E-state index contributed by atoms with van der Waals surface area (Å²) < 4.78 is 20.1. The molecule has 2 heterocycles. The van der Waals surface area contributed by atoms with Gasteiger partial charge in [-0.2, -0.15) is 4.98 Å². The summed E-state index contributed by atoms with van der Waals surface area (Å²) in [5.41, 5.74) is 0.290. The van der Waals surface area contributed by atoms with Crippen LogP contribution < -0.4 is 10.2 Å². The van der Waals surface area contributed by atoms with Crippen molar-refractivity contribution < 1.29 is 19.0 Å².